The van der Waals surface area contributed by atoms with Crippen LogP contribution in [-0.2, 0) is 6.54 Å². The molecule has 1 fully saturated rings. The van der Waals surface area contributed by atoms with Gasteiger partial charge in [-0.1, -0.05) is 35.9 Å². The van der Waals surface area contributed by atoms with Crippen molar-refractivity contribution in [3.63, 3.8) is 0 Å². The highest BCUT2D eigenvalue weighted by Crippen LogP contribution is 2.15. The van der Waals surface area contributed by atoms with Gasteiger partial charge in [0, 0.05) is 44.3 Å². The third-order valence-electron chi connectivity index (χ3n) is 5.31. The number of hydrogen-bond donors (Lipinski definition) is 2. The normalized spacial score (nSPS) is 14.3. The molecule has 4 rings (SSSR count). The van der Waals surface area contributed by atoms with Crippen LogP contribution in [0.3, 0.4) is 0 Å². The van der Waals surface area contributed by atoms with Crippen molar-refractivity contribution < 1.29 is 9.90 Å². The van der Waals surface area contributed by atoms with Gasteiger partial charge in [0.15, 0.2) is 5.96 Å². The summed E-state index contributed by atoms with van der Waals surface area (Å²) < 4.78 is 0. The number of nitrogens with one attached hydrogen (secondary N) is 1. The van der Waals surface area contributed by atoms with Crippen molar-refractivity contribution in [3.05, 3.63) is 83.7 Å². The first-order valence-electron chi connectivity index (χ1n) is 10.6. The molecule has 0 saturated carbocycles. The molecule has 0 bridgehead atoms. The molecule has 0 spiro atoms. The summed E-state index contributed by atoms with van der Waals surface area (Å²) in [6, 6.07) is 16.9. The molecule has 32 heavy (non-hydrogen) atoms. The van der Waals surface area contributed by atoms with Crippen LogP contribution in [0.2, 0.25) is 0 Å². The van der Waals surface area contributed by atoms with E-state index in [2.05, 4.69) is 56.3 Å². The van der Waals surface area contributed by atoms with Crippen LogP contribution in [0.15, 0.2) is 72.0 Å². The quantitative estimate of drug-likeness (QED) is 0.474. The largest absolute Gasteiger partial charge is 0.478 e. The summed E-state index contributed by atoms with van der Waals surface area (Å²) in [5.41, 5.74) is 3.26. The third-order valence-corrected chi connectivity index (χ3v) is 5.31. The molecule has 0 unspecified atom stereocenters. The molecule has 8 nitrogen and oxygen atoms in total. The SMILES string of the molecule is Cc1ccc(CN=C(Nc2cccc(C(=O)O)c2)N2CCN(c3ncccn3)CC2)cc1. The molecular formula is C24H26N6O2. The average molecular weight is 431 g/mol. The maximum Gasteiger partial charge on any atom is 0.335 e. The molecule has 2 heterocycles. The Labute approximate surface area is 187 Å². The summed E-state index contributed by atoms with van der Waals surface area (Å²) in [5, 5.41) is 12.7. The van der Waals surface area contributed by atoms with Gasteiger partial charge in [0.1, 0.15) is 0 Å². The highest BCUT2D eigenvalue weighted by atomic mass is 16.4. The number of piperazine rings is 1. The zero-order valence-electron chi connectivity index (χ0n) is 18.0. The maximum atomic E-state index is 11.4. The van der Waals surface area contributed by atoms with E-state index >= 15 is 0 Å². The Morgan fingerprint density at radius 1 is 1.03 bits per heavy atom. The number of hydrogen-bond acceptors (Lipinski definition) is 5. The number of aryl methyl sites for hydroxylation is 1. The standard InChI is InChI=1S/C24H26N6O2/c1-18-6-8-19(9-7-18)17-27-24(28-21-5-2-4-20(16-21)22(31)32)30-14-12-29(13-15-30)23-25-10-3-11-26-23/h2-11,16H,12-15,17H2,1H3,(H,27,28)(H,31,32). The predicted octanol–water partition coefficient (Wildman–Crippen LogP) is 3.27. The van der Waals surface area contributed by atoms with Gasteiger partial charge in [0.05, 0.1) is 12.1 Å². The van der Waals surface area contributed by atoms with E-state index in [1.165, 1.54) is 5.56 Å². The molecule has 1 aliphatic heterocycles. The number of aromatic carboxylic acids is 1. The Morgan fingerprint density at radius 2 is 1.75 bits per heavy atom. The van der Waals surface area contributed by atoms with Gasteiger partial charge in [0.2, 0.25) is 5.95 Å². The second-order valence-electron chi connectivity index (χ2n) is 7.66. The van der Waals surface area contributed by atoms with Crippen LogP contribution in [0.4, 0.5) is 11.6 Å². The number of aromatic nitrogens is 2. The lowest BCUT2D eigenvalue weighted by atomic mass is 10.1. The first-order valence-corrected chi connectivity index (χ1v) is 10.6. The average Bonchev–Trinajstić information content (AvgIpc) is 2.83. The topological polar surface area (TPSA) is 93.9 Å². The van der Waals surface area contributed by atoms with Crippen molar-refractivity contribution in [1.82, 2.24) is 14.9 Å². The molecule has 0 amide bonds. The Hall–Kier alpha value is -3.94. The Morgan fingerprint density at radius 3 is 2.44 bits per heavy atom. The van der Waals surface area contributed by atoms with Crippen LogP contribution in [0, 0.1) is 6.92 Å². The fourth-order valence-electron chi connectivity index (χ4n) is 3.51. The molecule has 0 atom stereocenters. The number of anilines is 2. The van der Waals surface area contributed by atoms with E-state index in [1.54, 1.807) is 30.6 Å². The highest BCUT2D eigenvalue weighted by Gasteiger charge is 2.21. The second-order valence-corrected chi connectivity index (χ2v) is 7.66. The number of nitrogens with zero attached hydrogens (tertiary/aromatic N) is 5. The molecule has 1 aromatic heterocycles. The smallest absolute Gasteiger partial charge is 0.335 e. The van der Waals surface area contributed by atoms with E-state index < -0.39 is 5.97 Å². The highest BCUT2D eigenvalue weighted by molar-refractivity contribution is 5.96. The zero-order chi connectivity index (χ0) is 22.3. The van der Waals surface area contributed by atoms with Gasteiger partial charge in [-0.2, -0.15) is 0 Å². The van der Waals surface area contributed by atoms with Crippen molar-refractivity contribution in [3.8, 4) is 0 Å². The fourth-order valence-corrected chi connectivity index (χ4v) is 3.51. The fraction of sp³-hybridized carbons (Fsp3) is 0.250. The van der Waals surface area contributed by atoms with Gasteiger partial charge in [-0.15, -0.1) is 0 Å². The zero-order valence-corrected chi connectivity index (χ0v) is 18.0. The molecule has 2 N–H and O–H groups in total. The van der Waals surface area contributed by atoms with Crippen LogP contribution in [0.25, 0.3) is 0 Å². The number of benzene rings is 2. The van der Waals surface area contributed by atoms with Crippen molar-refractivity contribution in [2.45, 2.75) is 13.5 Å². The molecule has 3 aromatic rings. The van der Waals surface area contributed by atoms with E-state index in [1.807, 2.05) is 12.1 Å². The van der Waals surface area contributed by atoms with Gasteiger partial charge < -0.3 is 20.2 Å². The Kier molecular flexibility index (Phi) is 6.60. The Balaban J connectivity index is 1.52. The van der Waals surface area contributed by atoms with Crippen molar-refractivity contribution in [2.24, 2.45) is 4.99 Å². The molecule has 8 heteroatoms. The molecule has 1 saturated heterocycles. The van der Waals surface area contributed by atoms with Gasteiger partial charge >= 0.3 is 5.97 Å². The van der Waals surface area contributed by atoms with Crippen molar-refractivity contribution >= 4 is 23.6 Å². The number of carboxylic acid groups (broad SMARTS) is 1. The van der Waals surface area contributed by atoms with Crippen LogP contribution in [0.5, 0.6) is 0 Å². The van der Waals surface area contributed by atoms with Crippen LogP contribution < -0.4 is 10.2 Å². The minimum absolute atomic E-state index is 0.235. The Bertz CT molecular complexity index is 1080. The van der Waals surface area contributed by atoms with E-state index in [0.717, 1.165) is 43.7 Å². The lowest BCUT2D eigenvalue weighted by molar-refractivity contribution is 0.0697. The van der Waals surface area contributed by atoms with Crippen LogP contribution in [-0.4, -0.2) is 58.1 Å². The summed E-state index contributed by atoms with van der Waals surface area (Å²) in [6.45, 7) is 5.62. The van der Waals surface area contributed by atoms with Crippen LogP contribution >= 0.6 is 0 Å². The van der Waals surface area contributed by atoms with Crippen molar-refractivity contribution in [1.29, 1.82) is 0 Å². The predicted molar refractivity (Wildman–Crippen MR) is 125 cm³/mol. The van der Waals surface area contributed by atoms with E-state index in [0.29, 0.717) is 12.2 Å². The van der Waals surface area contributed by atoms with E-state index in [4.69, 9.17) is 4.99 Å². The number of aliphatic imine (C=N–C) groups is 1. The summed E-state index contributed by atoms with van der Waals surface area (Å²) in [4.78, 5) is 29.2. The maximum absolute atomic E-state index is 11.4. The van der Waals surface area contributed by atoms with Crippen LogP contribution in [0.1, 0.15) is 21.5 Å². The molecule has 2 aromatic carbocycles. The minimum Gasteiger partial charge on any atom is -0.478 e. The van der Waals surface area contributed by atoms with E-state index in [-0.39, 0.29) is 5.56 Å². The lowest BCUT2D eigenvalue weighted by Gasteiger charge is -2.36. The molecule has 0 aliphatic carbocycles. The molecule has 164 valence electrons. The summed E-state index contributed by atoms with van der Waals surface area (Å²) >= 11 is 0. The third kappa shape index (κ3) is 5.40. The van der Waals surface area contributed by atoms with Gasteiger partial charge in [-0.3, -0.25) is 0 Å². The molecule has 0 radical (unpaired) electrons. The lowest BCUT2D eigenvalue weighted by Crippen LogP contribution is -2.51. The van der Waals surface area contributed by atoms with Gasteiger partial charge in [-0.05, 0) is 36.8 Å². The summed E-state index contributed by atoms with van der Waals surface area (Å²) in [7, 11) is 0. The van der Waals surface area contributed by atoms with E-state index in [9.17, 15) is 9.90 Å². The number of carboxylic acids is 1. The van der Waals surface area contributed by atoms with Crippen molar-refractivity contribution in [2.75, 3.05) is 36.4 Å². The van der Waals surface area contributed by atoms with Gasteiger partial charge in [-0.25, -0.2) is 19.8 Å². The minimum atomic E-state index is -0.955. The molecule has 1 aliphatic rings. The monoisotopic (exact) mass is 430 g/mol. The first-order chi connectivity index (χ1) is 15.6. The number of guanidine groups is 1. The molecular weight excluding hydrogens is 404 g/mol. The summed E-state index contributed by atoms with van der Waals surface area (Å²) in [6.07, 6.45) is 3.50. The summed E-state index contributed by atoms with van der Waals surface area (Å²) in [5.74, 6) is 0.498. The number of rotatable bonds is 5. The second kappa shape index (κ2) is 9.91. The first kappa shape index (κ1) is 21.3. The number of carbonyl (C=O) groups is 1. The van der Waals surface area contributed by atoms with Gasteiger partial charge in [0.25, 0.3) is 0 Å².